The molecule has 1 aliphatic heterocycles. The molecule has 1 atom stereocenters. The predicted molar refractivity (Wildman–Crippen MR) is 76.4 cm³/mol. The molecule has 0 saturated heterocycles. The van der Waals surface area contributed by atoms with E-state index < -0.39 is 5.82 Å². The van der Waals surface area contributed by atoms with Gasteiger partial charge < -0.3 is 9.47 Å². The summed E-state index contributed by atoms with van der Waals surface area (Å²) in [7, 11) is 1.47. The smallest absolute Gasteiger partial charge is 0.173 e. The van der Waals surface area contributed by atoms with Gasteiger partial charge in [0.25, 0.3) is 0 Å². The lowest BCUT2D eigenvalue weighted by molar-refractivity contribution is 0.0851. The zero-order chi connectivity index (χ0) is 14.8. The van der Waals surface area contributed by atoms with Crippen LogP contribution in [0.1, 0.15) is 15.9 Å². The number of ketones is 1. The second-order valence-corrected chi connectivity index (χ2v) is 5.03. The normalized spacial score (nSPS) is 16.8. The minimum absolute atomic E-state index is 0.152. The van der Waals surface area contributed by atoms with Crippen molar-refractivity contribution in [3.05, 3.63) is 59.4 Å². The number of hydrogen-bond acceptors (Lipinski definition) is 3. The van der Waals surface area contributed by atoms with E-state index in [9.17, 15) is 9.18 Å². The molecular formula is C17H15FO3. The summed E-state index contributed by atoms with van der Waals surface area (Å²) in [5.74, 6) is 0.278. The molecule has 0 aliphatic carbocycles. The SMILES string of the molecule is COc1ccc(F)cc1C(=O)C1COc2ccccc2C1. The Hall–Kier alpha value is -2.36. The van der Waals surface area contributed by atoms with E-state index >= 15 is 0 Å². The highest BCUT2D eigenvalue weighted by atomic mass is 19.1. The lowest BCUT2D eigenvalue weighted by Gasteiger charge is -2.24. The van der Waals surface area contributed by atoms with Crippen LogP contribution in [-0.4, -0.2) is 19.5 Å². The first-order valence-electron chi connectivity index (χ1n) is 6.77. The Morgan fingerprint density at radius 2 is 2.10 bits per heavy atom. The van der Waals surface area contributed by atoms with Gasteiger partial charge in [-0.05, 0) is 36.2 Å². The van der Waals surface area contributed by atoms with Crippen molar-refractivity contribution in [3.63, 3.8) is 0 Å². The molecule has 1 aliphatic rings. The number of carbonyl (C=O) groups excluding carboxylic acids is 1. The molecule has 0 aromatic heterocycles. The molecule has 0 N–H and O–H groups in total. The van der Waals surface area contributed by atoms with Crippen molar-refractivity contribution in [1.82, 2.24) is 0 Å². The van der Waals surface area contributed by atoms with Gasteiger partial charge >= 0.3 is 0 Å². The van der Waals surface area contributed by atoms with Gasteiger partial charge in [0.2, 0.25) is 0 Å². The third-order valence-electron chi connectivity index (χ3n) is 3.68. The fourth-order valence-electron chi connectivity index (χ4n) is 2.59. The molecule has 1 unspecified atom stereocenters. The van der Waals surface area contributed by atoms with Crippen molar-refractivity contribution >= 4 is 5.78 Å². The van der Waals surface area contributed by atoms with Crippen molar-refractivity contribution in [1.29, 1.82) is 0 Å². The fourth-order valence-corrected chi connectivity index (χ4v) is 2.59. The number of fused-ring (bicyclic) bond motifs is 1. The van der Waals surface area contributed by atoms with Gasteiger partial charge in [-0.3, -0.25) is 4.79 Å². The van der Waals surface area contributed by atoms with Crippen LogP contribution in [0.2, 0.25) is 0 Å². The number of para-hydroxylation sites is 1. The molecule has 0 amide bonds. The van der Waals surface area contributed by atoms with Gasteiger partial charge in [0, 0.05) is 0 Å². The molecule has 2 aromatic rings. The molecular weight excluding hydrogens is 271 g/mol. The predicted octanol–water partition coefficient (Wildman–Crippen LogP) is 3.27. The van der Waals surface area contributed by atoms with Gasteiger partial charge in [-0.15, -0.1) is 0 Å². The number of methoxy groups -OCH3 is 1. The van der Waals surface area contributed by atoms with Gasteiger partial charge in [-0.25, -0.2) is 4.39 Å². The van der Waals surface area contributed by atoms with Gasteiger partial charge in [-0.1, -0.05) is 18.2 Å². The summed E-state index contributed by atoms with van der Waals surface area (Å²) < 4.78 is 24.2. The summed E-state index contributed by atoms with van der Waals surface area (Å²) in [6, 6.07) is 11.6. The monoisotopic (exact) mass is 286 g/mol. The third kappa shape index (κ3) is 2.61. The number of ether oxygens (including phenoxy) is 2. The number of rotatable bonds is 3. The summed E-state index contributed by atoms with van der Waals surface area (Å²) in [4.78, 5) is 12.6. The van der Waals surface area contributed by atoms with Crippen LogP contribution in [0.5, 0.6) is 11.5 Å². The van der Waals surface area contributed by atoms with E-state index in [0.29, 0.717) is 18.8 Å². The Morgan fingerprint density at radius 1 is 1.29 bits per heavy atom. The van der Waals surface area contributed by atoms with Gasteiger partial charge in [0.05, 0.1) is 25.2 Å². The van der Waals surface area contributed by atoms with E-state index in [-0.39, 0.29) is 17.3 Å². The van der Waals surface area contributed by atoms with Crippen molar-refractivity contribution in [2.75, 3.05) is 13.7 Å². The summed E-state index contributed by atoms with van der Waals surface area (Å²) in [5, 5.41) is 0. The van der Waals surface area contributed by atoms with Crippen molar-refractivity contribution in [2.45, 2.75) is 6.42 Å². The average Bonchev–Trinajstić information content (AvgIpc) is 2.53. The van der Waals surface area contributed by atoms with Crippen LogP contribution in [0.25, 0.3) is 0 Å². The van der Waals surface area contributed by atoms with Crippen LogP contribution < -0.4 is 9.47 Å². The van der Waals surface area contributed by atoms with Crippen LogP contribution in [0, 0.1) is 11.7 Å². The maximum Gasteiger partial charge on any atom is 0.173 e. The van der Waals surface area contributed by atoms with Crippen LogP contribution in [0.4, 0.5) is 4.39 Å². The molecule has 108 valence electrons. The molecule has 4 heteroatoms. The van der Waals surface area contributed by atoms with Crippen LogP contribution in [0.15, 0.2) is 42.5 Å². The van der Waals surface area contributed by atoms with Crippen LogP contribution in [0.3, 0.4) is 0 Å². The first kappa shape index (κ1) is 13.6. The maximum atomic E-state index is 13.4. The summed E-state index contributed by atoms with van der Waals surface area (Å²) in [6.07, 6.45) is 0.592. The van der Waals surface area contributed by atoms with E-state index in [2.05, 4.69) is 0 Å². The zero-order valence-electron chi connectivity index (χ0n) is 11.6. The van der Waals surface area contributed by atoms with E-state index in [1.807, 2.05) is 24.3 Å². The van der Waals surface area contributed by atoms with Crippen molar-refractivity contribution in [2.24, 2.45) is 5.92 Å². The molecule has 0 spiro atoms. The highest BCUT2D eigenvalue weighted by Gasteiger charge is 2.28. The Kier molecular flexibility index (Phi) is 3.60. The lowest BCUT2D eigenvalue weighted by atomic mass is 9.89. The number of halogens is 1. The third-order valence-corrected chi connectivity index (χ3v) is 3.68. The van der Waals surface area contributed by atoms with Crippen LogP contribution in [-0.2, 0) is 6.42 Å². The Labute approximate surface area is 122 Å². The number of benzene rings is 2. The van der Waals surface area contributed by atoms with E-state index in [0.717, 1.165) is 11.3 Å². The Bertz CT molecular complexity index is 681. The molecule has 3 rings (SSSR count). The minimum atomic E-state index is -0.448. The second kappa shape index (κ2) is 5.56. The van der Waals surface area contributed by atoms with Gasteiger partial charge in [-0.2, -0.15) is 0 Å². The van der Waals surface area contributed by atoms with Crippen molar-refractivity contribution in [3.8, 4) is 11.5 Å². The molecule has 0 fully saturated rings. The van der Waals surface area contributed by atoms with Gasteiger partial charge in [0.15, 0.2) is 5.78 Å². The first-order valence-corrected chi connectivity index (χ1v) is 6.77. The fraction of sp³-hybridized carbons (Fsp3) is 0.235. The van der Waals surface area contributed by atoms with Gasteiger partial charge in [0.1, 0.15) is 17.3 Å². The maximum absolute atomic E-state index is 13.4. The molecule has 21 heavy (non-hydrogen) atoms. The van der Waals surface area contributed by atoms with Crippen molar-refractivity contribution < 1.29 is 18.7 Å². The quantitative estimate of drug-likeness (QED) is 0.812. The first-order chi connectivity index (χ1) is 10.2. The topological polar surface area (TPSA) is 35.5 Å². The van der Waals surface area contributed by atoms with Crippen LogP contribution >= 0.6 is 0 Å². The number of Topliss-reactive ketones (excluding diaryl/α,β-unsaturated/α-hetero) is 1. The molecule has 0 bridgehead atoms. The Balaban J connectivity index is 1.89. The molecule has 1 heterocycles. The Morgan fingerprint density at radius 3 is 2.90 bits per heavy atom. The molecule has 0 radical (unpaired) electrons. The minimum Gasteiger partial charge on any atom is -0.496 e. The summed E-state index contributed by atoms with van der Waals surface area (Å²) >= 11 is 0. The zero-order valence-corrected chi connectivity index (χ0v) is 11.6. The second-order valence-electron chi connectivity index (χ2n) is 5.03. The summed E-state index contributed by atoms with van der Waals surface area (Å²) in [6.45, 7) is 0.301. The highest BCUT2D eigenvalue weighted by Crippen LogP contribution is 2.30. The van der Waals surface area contributed by atoms with E-state index in [1.54, 1.807) is 0 Å². The largest absolute Gasteiger partial charge is 0.496 e. The highest BCUT2D eigenvalue weighted by molar-refractivity contribution is 6.00. The number of hydrogen-bond donors (Lipinski definition) is 0. The summed E-state index contributed by atoms with van der Waals surface area (Å²) in [5.41, 5.74) is 1.27. The lowest BCUT2D eigenvalue weighted by Crippen LogP contribution is -2.28. The average molecular weight is 286 g/mol. The molecule has 0 saturated carbocycles. The molecule has 2 aromatic carbocycles. The standard InChI is InChI=1S/C17H15FO3/c1-20-16-7-6-13(18)9-14(16)17(19)12-8-11-4-2-3-5-15(11)21-10-12/h2-7,9,12H,8,10H2,1H3. The number of carbonyl (C=O) groups is 1. The van der Waals surface area contributed by atoms with E-state index in [4.69, 9.17) is 9.47 Å². The van der Waals surface area contributed by atoms with E-state index in [1.165, 1.54) is 25.3 Å². The molecule has 3 nitrogen and oxygen atoms in total.